The molecule has 0 saturated heterocycles. The Morgan fingerprint density at radius 2 is 1.66 bits per heavy atom. The molecule has 3 aromatic carbocycles. The molecule has 1 aliphatic rings. The van der Waals surface area contributed by atoms with Crippen LogP contribution in [0.5, 0.6) is 0 Å². The lowest BCUT2D eigenvalue weighted by molar-refractivity contribution is -0.119. The summed E-state index contributed by atoms with van der Waals surface area (Å²) in [5.74, 6) is -0.229. The van der Waals surface area contributed by atoms with Gasteiger partial charge in [0.1, 0.15) is 0 Å². The fourth-order valence-electron chi connectivity index (χ4n) is 4.11. The number of rotatable bonds is 7. The first-order valence-electron chi connectivity index (χ1n) is 10.6. The van der Waals surface area contributed by atoms with Gasteiger partial charge in [-0.2, -0.15) is 4.31 Å². The summed E-state index contributed by atoms with van der Waals surface area (Å²) in [4.78, 5) is 15.2. The van der Waals surface area contributed by atoms with Crippen molar-refractivity contribution in [1.82, 2.24) is 4.31 Å². The molecule has 4 rings (SSSR count). The molecule has 0 saturated carbocycles. The Bertz CT molecular complexity index is 1200. The standard InChI is InChI=1S/C25H25ClN2O3S/c1-19-17-21-9-5-6-10-24(21)28(19)25(29)18-27(16-15-20-7-3-2-4-8-20)32(30,31)23-13-11-22(26)12-14-23/h2-14,19H,15-18H2,1H3/t19-/m1/s1. The van der Waals surface area contributed by atoms with E-state index in [2.05, 4.69) is 0 Å². The predicted molar refractivity (Wildman–Crippen MR) is 127 cm³/mol. The van der Waals surface area contributed by atoms with Crippen LogP contribution in [0.25, 0.3) is 0 Å². The maximum atomic E-state index is 13.5. The number of anilines is 1. The largest absolute Gasteiger partial charge is 0.308 e. The molecule has 0 aliphatic carbocycles. The van der Waals surface area contributed by atoms with E-state index in [1.165, 1.54) is 16.4 Å². The van der Waals surface area contributed by atoms with Crippen LogP contribution < -0.4 is 4.90 Å². The van der Waals surface area contributed by atoms with Gasteiger partial charge in [0.15, 0.2) is 0 Å². The molecule has 3 aromatic rings. The van der Waals surface area contributed by atoms with Crippen LogP contribution in [0.1, 0.15) is 18.1 Å². The van der Waals surface area contributed by atoms with Crippen molar-refractivity contribution in [2.24, 2.45) is 0 Å². The van der Waals surface area contributed by atoms with Crippen molar-refractivity contribution in [2.45, 2.75) is 30.7 Å². The van der Waals surface area contributed by atoms with Gasteiger partial charge in [-0.3, -0.25) is 4.79 Å². The molecule has 0 spiro atoms. The van der Waals surface area contributed by atoms with Gasteiger partial charge in [-0.15, -0.1) is 0 Å². The summed E-state index contributed by atoms with van der Waals surface area (Å²) in [6.45, 7) is 1.96. The summed E-state index contributed by atoms with van der Waals surface area (Å²) < 4.78 is 28.2. The minimum absolute atomic E-state index is 0.0193. The normalized spacial score (nSPS) is 15.7. The van der Waals surface area contributed by atoms with Crippen LogP contribution in [0.2, 0.25) is 5.02 Å². The van der Waals surface area contributed by atoms with Crippen molar-refractivity contribution in [2.75, 3.05) is 18.0 Å². The fraction of sp³-hybridized carbons (Fsp3) is 0.240. The second kappa shape index (κ2) is 9.45. The number of nitrogens with zero attached hydrogens (tertiary/aromatic N) is 2. The zero-order valence-electron chi connectivity index (χ0n) is 17.8. The Hall–Kier alpha value is -2.67. The molecule has 0 fully saturated rings. The maximum absolute atomic E-state index is 13.5. The number of hydrogen-bond donors (Lipinski definition) is 0. The van der Waals surface area contributed by atoms with Crippen molar-refractivity contribution in [1.29, 1.82) is 0 Å². The van der Waals surface area contributed by atoms with Crippen molar-refractivity contribution in [3.63, 3.8) is 0 Å². The zero-order valence-corrected chi connectivity index (χ0v) is 19.4. The first-order chi connectivity index (χ1) is 15.4. The average Bonchev–Trinajstić information content (AvgIpc) is 3.13. The van der Waals surface area contributed by atoms with Gasteiger partial charge >= 0.3 is 0 Å². The van der Waals surface area contributed by atoms with E-state index in [-0.39, 0.29) is 29.9 Å². The van der Waals surface area contributed by atoms with Crippen LogP contribution in [-0.4, -0.2) is 37.8 Å². The zero-order chi connectivity index (χ0) is 22.7. The number of para-hydroxylation sites is 1. The van der Waals surface area contributed by atoms with Gasteiger partial charge in [0, 0.05) is 23.3 Å². The summed E-state index contributed by atoms with van der Waals surface area (Å²) >= 11 is 5.95. The van der Waals surface area contributed by atoms with Gasteiger partial charge in [0.05, 0.1) is 11.4 Å². The van der Waals surface area contributed by atoms with E-state index in [1.807, 2.05) is 61.5 Å². The van der Waals surface area contributed by atoms with E-state index in [1.54, 1.807) is 17.0 Å². The molecular formula is C25H25ClN2O3S. The first kappa shape index (κ1) is 22.5. The van der Waals surface area contributed by atoms with Gasteiger partial charge in [-0.25, -0.2) is 8.42 Å². The molecule has 32 heavy (non-hydrogen) atoms. The molecule has 0 unspecified atom stereocenters. The molecule has 0 aromatic heterocycles. The highest BCUT2D eigenvalue weighted by molar-refractivity contribution is 7.89. The summed E-state index contributed by atoms with van der Waals surface area (Å²) in [6, 6.07) is 23.5. The predicted octanol–water partition coefficient (Wildman–Crippen LogP) is 4.55. The van der Waals surface area contributed by atoms with Gasteiger partial charge in [0.2, 0.25) is 15.9 Å². The summed E-state index contributed by atoms with van der Waals surface area (Å²) in [7, 11) is -3.88. The van der Waals surface area contributed by atoms with Crippen LogP contribution in [0.15, 0.2) is 83.8 Å². The van der Waals surface area contributed by atoms with E-state index in [0.29, 0.717) is 11.4 Å². The Morgan fingerprint density at radius 1 is 1.00 bits per heavy atom. The van der Waals surface area contributed by atoms with Gasteiger partial charge in [-0.05, 0) is 61.2 Å². The van der Waals surface area contributed by atoms with Crippen molar-refractivity contribution in [3.8, 4) is 0 Å². The number of fused-ring (bicyclic) bond motifs is 1. The minimum Gasteiger partial charge on any atom is -0.308 e. The monoisotopic (exact) mass is 468 g/mol. The highest BCUT2D eigenvalue weighted by Gasteiger charge is 2.34. The summed E-state index contributed by atoms with van der Waals surface area (Å²) in [6.07, 6.45) is 1.27. The van der Waals surface area contributed by atoms with Gasteiger partial charge in [-0.1, -0.05) is 60.1 Å². The molecule has 1 amide bonds. The number of carbonyl (C=O) groups is 1. The lowest BCUT2D eigenvalue weighted by Gasteiger charge is -2.27. The number of hydrogen-bond acceptors (Lipinski definition) is 3. The van der Waals surface area contributed by atoms with Crippen LogP contribution in [0.4, 0.5) is 5.69 Å². The van der Waals surface area contributed by atoms with E-state index >= 15 is 0 Å². The van der Waals surface area contributed by atoms with Crippen molar-refractivity contribution in [3.05, 3.63) is 95.0 Å². The number of amides is 1. The van der Waals surface area contributed by atoms with Gasteiger partial charge in [0.25, 0.3) is 0 Å². The molecule has 5 nitrogen and oxygen atoms in total. The van der Waals surface area contributed by atoms with Crippen molar-refractivity contribution < 1.29 is 13.2 Å². The molecule has 1 atom stereocenters. The SMILES string of the molecule is C[C@@H]1Cc2ccccc2N1C(=O)CN(CCc1ccccc1)S(=O)(=O)c1ccc(Cl)cc1. The maximum Gasteiger partial charge on any atom is 0.243 e. The Kier molecular flexibility index (Phi) is 6.65. The third-order valence-corrected chi connectivity index (χ3v) is 7.84. The number of sulfonamides is 1. The second-order valence-electron chi connectivity index (χ2n) is 7.97. The first-order valence-corrected chi connectivity index (χ1v) is 12.4. The molecular weight excluding hydrogens is 444 g/mol. The average molecular weight is 469 g/mol. The number of halogens is 1. The molecule has 166 valence electrons. The fourth-order valence-corrected chi connectivity index (χ4v) is 5.63. The Labute approximate surface area is 194 Å². The molecule has 0 N–H and O–H groups in total. The molecule has 7 heteroatoms. The summed E-state index contributed by atoms with van der Waals surface area (Å²) in [5.41, 5.74) is 2.97. The van der Waals surface area contributed by atoms with Gasteiger partial charge < -0.3 is 4.90 Å². The topological polar surface area (TPSA) is 57.7 Å². The smallest absolute Gasteiger partial charge is 0.243 e. The Balaban J connectivity index is 1.61. The van der Waals surface area contributed by atoms with E-state index in [0.717, 1.165) is 23.2 Å². The van der Waals surface area contributed by atoms with E-state index in [4.69, 9.17) is 11.6 Å². The number of carbonyl (C=O) groups excluding carboxylic acids is 1. The molecule has 1 aliphatic heterocycles. The quantitative estimate of drug-likeness (QED) is 0.511. The third-order valence-electron chi connectivity index (χ3n) is 5.73. The van der Waals surface area contributed by atoms with Crippen LogP contribution in [0, 0.1) is 0 Å². The third kappa shape index (κ3) is 4.72. The van der Waals surface area contributed by atoms with E-state index < -0.39 is 10.0 Å². The lowest BCUT2D eigenvalue weighted by atomic mass is 10.1. The van der Waals surface area contributed by atoms with Crippen LogP contribution in [0.3, 0.4) is 0 Å². The molecule has 0 bridgehead atoms. The van der Waals surface area contributed by atoms with Crippen LogP contribution in [-0.2, 0) is 27.7 Å². The lowest BCUT2D eigenvalue weighted by Crippen LogP contribution is -2.45. The summed E-state index contributed by atoms with van der Waals surface area (Å²) in [5, 5.41) is 0.457. The van der Waals surface area contributed by atoms with Crippen LogP contribution >= 0.6 is 11.6 Å². The number of benzene rings is 3. The molecule has 1 heterocycles. The second-order valence-corrected chi connectivity index (χ2v) is 10.3. The highest BCUT2D eigenvalue weighted by atomic mass is 35.5. The van der Waals surface area contributed by atoms with E-state index in [9.17, 15) is 13.2 Å². The van der Waals surface area contributed by atoms with Crippen molar-refractivity contribution >= 4 is 33.2 Å². The molecule has 0 radical (unpaired) electrons. The minimum atomic E-state index is -3.88. The Morgan fingerprint density at radius 3 is 2.38 bits per heavy atom. The highest BCUT2D eigenvalue weighted by Crippen LogP contribution is 2.32.